The van der Waals surface area contributed by atoms with E-state index >= 15 is 0 Å². The molecule has 3 aromatic rings. The normalized spacial score (nSPS) is 10.4. The number of carbonyl (C=O) groups is 2. The van der Waals surface area contributed by atoms with Gasteiger partial charge in [-0.15, -0.1) is 11.3 Å². The Balaban J connectivity index is 1.56. The van der Waals surface area contributed by atoms with Gasteiger partial charge in [-0.2, -0.15) is 0 Å². The fourth-order valence-corrected chi connectivity index (χ4v) is 3.30. The van der Waals surface area contributed by atoms with Crippen molar-refractivity contribution < 1.29 is 9.59 Å². The second-order valence-electron chi connectivity index (χ2n) is 6.27. The Morgan fingerprint density at radius 2 is 1.78 bits per heavy atom. The third kappa shape index (κ3) is 5.01. The van der Waals surface area contributed by atoms with Gasteiger partial charge in [0.25, 0.3) is 5.91 Å². The quantitative estimate of drug-likeness (QED) is 0.658. The number of rotatable bonds is 6. The van der Waals surface area contributed by atoms with Gasteiger partial charge in [-0.1, -0.05) is 42.5 Å². The van der Waals surface area contributed by atoms with Crippen molar-refractivity contribution in [1.82, 2.24) is 4.98 Å². The van der Waals surface area contributed by atoms with Crippen molar-refractivity contribution in [2.75, 3.05) is 10.6 Å². The van der Waals surface area contributed by atoms with Crippen LogP contribution < -0.4 is 10.6 Å². The molecule has 3 rings (SSSR count). The van der Waals surface area contributed by atoms with E-state index in [2.05, 4.69) is 15.6 Å². The van der Waals surface area contributed by atoms with E-state index in [0.29, 0.717) is 23.7 Å². The molecular weight excluding hydrogens is 358 g/mol. The first-order valence-electron chi connectivity index (χ1n) is 8.70. The van der Waals surface area contributed by atoms with E-state index in [1.807, 2.05) is 62.4 Å². The zero-order chi connectivity index (χ0) is 19.2. The summed E-state index contributed by atoms with van der Waals surface area (Å²) < 4.78 is 0. The Morgan fingerprint density at radius 3 is 2.56 bits per heavy atom. The minimum Gasteiger partial charge on any atom is -0.320 e. The molecule has 1 heterocycles. The Morgan fingerprint density at radius 1 is 1.00 bits per heavy atom. The Hall–Kier alpha value is -2.99. The van der Waals surface area contributed by atoms with Crippen LogP contribution in [0.5, 0.6) is 0 Å². The number of thiazole rings is 1. The molecule has 6 heteroatoms. The summed E-state index contributed by atoms with van der Waals surface area (Å²) in [5.74, 6) is -0.403. The highest BCUT2D eigenvalue weighted by Crippen LogP contribution is 2.21. The molecule has 0 fully saturated rings. The van der Waals surface area contributed by atoms with Gasteiger partial charge >= 0.3 is 0 Å². The smallest absolute Gasteiger partial charge is 0.275 e. The summed E-state index contributed by atoms with van der Waals surface area (Å²) in [7, 11) is 0. The number of hydrogen-bond donors (Lipinski definition) is 2. The van der Waals surface area contributed by atoms with Gasteiger partial charge in [0, 0.05) is 17.5 Å². The number of nitrogens with zero attached hydrogens (tertiary/aromatic N) is 1. The fourth-order valence-electron chi connectivity index (χ4n) is 2.59. The lowest BCUT2D eigenvalue weighted by molar-refractivity contribution is -0.116. The van der Waals surface area contributed by atoms with Crippen LogP contribution in [0.15, 0.2) is 53.9 Å². The maximum Gasteiger partial charge on any atom is 0.275 e. The highest BCUT2D eigenvalue weighted by Gasteiger charge is 2.14. The summed E-state index contributed by atoms with van der Waals surface area (Å²) >= 11 is 1.24. The first kappa shape index (κ1) is 18.8. The van der Waals surface area contributed by atoms with Crippen molar-refractivity contribution >= 4 is 34.0 Å². The number of aryl methyl sites for hydroxylation is 2. The average molecular weight is 379 g/mol. The fraction of sp³-hybridized carbons (Fsp3) is 0.190. The van der Waals surface area contributed by atoms with Gasteiger partial charge in [0.1, 0.15) is 5.69 Å². The molecule has 0 saturated heterocycles. The van der Waals surface area contributed by atoms with Crippen LogP contribution in [0, 0.1) is 13.8 Å². The van der Waals surface area contributed by atoms with E-state index < -0.39 is 0 Å². The molecule has 2 aromatic carbocycles. The Labute approximate surface area is 162 Å². The molecule has 0 aliphatic heterocycles. The number of nitrogens with one attached hydrogen (secondary N) is 2. The zero-order valence-corrected chi connectivity index (χ0v) is 16.1. The predicted octanol–water partition coefficient (Wildman–Crippen LogP) is 4.58. The maximum atomic E-state index is 12.4. The molecule has 27 heavy (non-hydrogen) atoms. The molecule has 1 aromatic heterocycles. The van der Waals surface area contributed by atoms with Crippen molar-refractivity contribution in [2.45, 2.75) is 26.7 Å². The minimum atomic E-state index is -0.287. The van der Waals surface area contributed by atoms with Crippen molar-refractivity contribution in [2.24, 2.45) is 0 Å². The third-order valence-electron chi connectivity index (χ3n) is 4.32. The molecule has 0 atom stereocenters. The standard InChI is InChI=1S/C21H21N3O2S/c1-14-7-6-10-17(15(14)2)22-20(26)18-13-27-21(23-18)24-19(25)12-11-16-8-4-3-5-9-16/h3-10,13H,11-12H2,1-2H3,(H,22,26)(H,23,24,25). The van der Waals surface area contributed by atoms with Crippen LogP contribution in [-0.4, -0.2) is 16.8 Å². The topological polar surface area (TPSA) is 71.1 Å². The van der Waals surface area contributed by atoms with E-state index in [4.69, 9.17) is 0 Å². The molecule has 0 saturated carbocycles. The van der Waals surface area contributed by atoms with Crippen LogP contribution >= 0.6 is 11.3 Å². The molecule has 138 valence electrons. The first-order chi connectivity index (χ1) is 13.0. The van der Waals surface area contributed by atoms with Gasteiger partial charge in [0.2, 0.25) is 5.91 Å². The number of hydrogen-bond acceptors (Lipinski definition) is 4. The van der Waals surface area contributed by atoms with Crippen LogP contribution in [0.1, 0.15) is 33.6 Å². The summed E-state index contributed by atoms with van der Waals surface area (Å²) in [5, 5.41) is 7.71. The molecule has 0 bridgehead atoms. The van der Waals surface area contributed by atoms with Gasteiger partial charge in [-0.25, -0.2) is 4.98 Å². The van der Waals surface area contributed by atoms with Crippen molar-refractivity contribution in [3.8, 4) is 0 Å². The second-order valence-corrected chi connectivity index (χ2v) is 7.13. The van der Waals surface area contributed by atoms with Gasteiger partial charge in [-0.05, 0) is 43.0 Å². The lowest BCUT2D eigenvalue weighted by Crippen LogP contribution is -2.15. The number of aromatic nitrogens is 1. The number of carbonyl (C=O) groups excluding carboxylic acids is 2. The predicted molar refractivity (Wildman–Crippen MR) is 109 cm³/mol. The zero-order valence-electron chi connectivity index (χ0n) is 15.3. The number of benzene rings is 2. The highest BCUT2D eigenvalue weighted by molar-refractivity contribution is 7.14. The number of amides is 2. The molecule has 0 aliphatic rings. The van der Waals surface area contributed by atoms with E-state index in [-0.39, 0.29) is 11.8 Å². The van der Waals surface area contributed by atoms with Gasteiger partial charge in [0.15, 0.2) is 5.13 Å². The molecule has 5 nitrogen and oxygen atoms in total. The van der Waals surface area contributed by atoms with Crippen molar-refractivity contribution in [3.05, 3.63) is 76.3 Å². The maximum absolute atomic E-state index is 12.4. The minimum absolute atomic E-state index is 0.116. The van der Waals surface area contributed by atoms with Crippen LogP contribution in [0.2, 0.25) is 0 Å². The molecular formula is C21H21N3O2S. The summed E-state index contributed by atoms with van der Waals surface area (Å²) in [4.78, 5) is 28.7. The highest BCUT2D eigenvalue weighted by atomic mass is 32.1. The summed E-state index contributed by atoms with van der Waals surface area (Å²) in [5.41, 5.74) is 4.30. The van der Waals surface area contributed by atoms with E-state index in [9.17, 15) is 9.59 Å². The average Bonchev–Trinajstić information content (AvgIpc) is 3.13. The molecule has 2 N–H and O–H groups in total. The van der Waals surface area contributed by atoms with Crippen LogP contribution in [0.25, 0.3) is 0 Å². The summed E-state index contributed by atoms with van der Waals surface area (Å²) in [6, 6.07) is 15.6. The summed E-state index contributed by atoms with van der Waals surface area (Å²) in [6.45, 7) is 3.96. The van der Waals surface area contributed by atoms with Crippen LogP contribution in [-0.2, 0) is 11.2 Å². The van der Waals surface area contributed by atoms with Crippen LogP contribution in [0.4, 0.5) is 10.8 Å². The van der Waals surface area contributed by atoms with Gasteiger partial charge in [-0.3, -0.25) is 9.59 Å². The number of anilines is 2. The van der Waals surface area contributed by atoms with Crippen LogP contribution in [0.3, 0.4) is 0 Å². The lowest BCUT2D eigenvalue weighted by Gasteiger charge is -2.09. The van der Waals surface area contributed by atoms with E-state index in [0.717, 1.165) is 22.4 Å². The third-order valence-corrected chi connectivity index (χ3v) is 5.08. The van der Waals surface area contributed by atoms with E-state index in [1.54, 1.807) is 5.38 Å². The molecule has 0 aliphatic carbocycles. The molecule has 0 spiro atoms. The van der Waals surface area contributed by atoms with Gasteiger partial charge < -0.3 is 10.6 Å². The van der Waals surface area contributed by atoms with E-state index in [1.165, 1.54) is 11.3 Å². The summed E-state index contributed by atoms with van der Waals surface area (Å²) in [6.07, 6.45) is 1.03. The molecule has 0 unspecified atom stereocenters. The molecule has 2 amide bonds. The lowest BCUT2D eigenvalue weighted by atomic mass is 10.1. The SMILES string of the molecule is Cc1cccc(NC(=O)c2csc(NC(=O)CCc3ccccc3)n2)c1C. The Kier molecular flexibility index (Phi) is 5.98. The van der Waals surface area contributed by atoms with Crippen molar-refractivity contribution in [3.63, 3.8) is 0 Å². The van der Waals surface area contributed by atoms with Gasteiger partial charge in [0.05, 0.1) is 0 Å². The largest absolute Gasteiger partial charge is 0.320 e. The second kappa shape index (κ2) is 8.60. The van der Waals surface area contributed by atoms with Crippen molar-refractivity contribution in [1.29, 1.82) is 0 Å². The Bertz CT molecular complexity index is 951. The molecule has 0 radical (unpaired) electrons. The first-order valence-corrected chi connectivity index (χ1v) is 9.58. The monoisotopic (exact) mass is 379 g/mol.